The number of phenols is 2. The van der Waals surface area contributed by atoms with Crippen LogP contribution in [0, 0.1) is 17.8 Å². The van der Waals surface area contributed by atoms with Crippen LogP contribution >= 0.6 is 0 Å². The molecule has 1 fully saturated rings. The monoisotopic (exact) mass is 426 g/mol. The molecule has 1 aliphatic rings. The summed E-state index contributed by atoms with van der Waals surface area (Å²) < 4.78 is 0. The molecule has 0 radical (unpaired) electrons. The van der Waals surface area contributed by atoms with Gasteiger partial charge in [-0.3, -0.25) is 9.59 Å². The van der Waals surface area contributed by atoms with Crippen molar-refractivity contribution in [1.82, 2.24) is 0 Å². The van der Waals surface area contributed by atoms with Crippen LogP contribution in [0.4, 0.5) is 0 Å². The van der Waals surface area contributed by atoms with Gasteiger partial charge in [0.1, 0.15) is 23.1 Å². The Labute approximate surface area is 187 Å². The third-order valence-corrected chi connectivity index (χ3v) is 7.15. The van der Waals surface area contributed by atoms with E-state index in [9.17, 15) is 19.8 Å². The lowest BCUT2D eigenvalue weighted by atomic mass is 9.62. The van der Waals surface area contributed by atoms with E-state index < -0.39 is 5.41 Å². The van der Waals surface area contributed by atoms with Crippen molar-refractivity contribution in [3.8, 4) is 11.5 Å². The number of benzene rings is 1. The minimum Gasteiger partial charge on any atom is -0.508 e. The lowest BCUT2D eigenvalue weighted by molar-refractivity contribution is -0.134. The van der Waals surface area contributed by atoms with Crippen LogP contribution in [0.15, 0.2) is 35.4 Å². The zero-order chi connectivity index (χ0) is 23.4. The molecule has 0 saturated heterocycles. The van der Waals surface area contributed by atoms with Gasteiger partial charge in [-0.25, -0.2) is 0 Å². The molecule has 0 amide bonds. The van der Waals surface area contributed by atoms with Gasteiger partial charge in [-0.2, -0.15) is 0 Å². The highest BCUT2D eigenvalue weighted by atomic mass is 16.3. The Balaban J connectivity index is 2.06. The van der Waals surface area contributed by atoms with Crippen molar-refractivity contribution >= 4 is 11.6 Å². The largest absolute Gasteiger partial charge is 0.508 e. The van der Waals surface area contributed by atoms with Crippen LogP contribution in [0.1, 0.15) is 84.3 Å². The van der Waals surface area contributed by atoms with Crippen molar-refractivity contribution in [2.45, 2.75) is 86.5 Å². The van der Waals surface area contributed by atoms with Crippen LogP contribution in [0.25, 0.3) is 0 Å². The van der Waals surface area contributed by atoms with Crippen molar-refractivity contribution in [2.75, 3.05) is 0 Å². The molecule has 0 aliphatic heterocycles. The average Bonchev–Trinajstić information content (AvgIpc) is 2.96. The summed E-state index contributed by atoms with van der Waals surface area (Å²) in [5.41, 5.74) is 2.58. The van der Waals surface area contributed by atoms with E-state index in [1.807, 2.05) is 39.8 Å². The molecule has 31 heavy (non-hydrogen) atoms. The quantitative estimate of drug-likeness (QED) is 0.355. The molecule has 4 nitrogen and oxygen atoms in total. The summed E-state index contributed by atoms with van der Waals surface area (Å²) >= 11 is 0. The maximum Gasteiger partial charge on any atom is 0.143 e. The molecule has 1 saturated carbocycles. The standard InChI is InChI=1S/C27H38O4/c1-18(2)8-11-24(30)27(6)13-7-12-26(27,5)17-23(29)14-19(3)9-10-21-16-22(28)15-20(4)25(21)31/h8-9,15-16,28,31H,7,10-14,17H2,1-6H3/b19-9+/t26-,27+/m1/s1. The molecule has 2 N–H and O–H groups in total. The van der Waals surface area contributed by atoms with Crippen LogP contribution < -0.4 is 0 Å². The topological polar surface area (TPSA) is 74.6 Å². The molecule has 1 aromatic carbocycles. The Bertz CT molecular complexity index is 904. The molecule has 1 aromatic rings. The minimum absolute atomic E-state index is 0.124. The van der Waals surface area contributed by atoms with Crippen LogP contribution in [-0.4, -0.2) is 21.8 Å². The summed E-state index contributed by atoms with van der Waals surface area (Å²) in [7, 11) is 0. The lowest BCUT2D eigenvalue weighted by Gasteiger charge is -2.39. The van der Waals surface area contributed by atoms with Gasteiger partial charge in [-0.05, 0) is 70.1 Å². The SMILES string of the molecule is CC(C)=CCC(=O)[C@]1(C)CCC[C@]1(C)CC(=O)C/C(C)=C/Cc1cc(O)cc(C)c1O. The Morgan fingerprint density at radius 2 is 1.74 bits per heavy atom. The van der Waals surface area contributed by atoms with E-state index >= 15 is 0 Å². The molecular formula is C27H38O4. The normalized spacial score (nSPS) is 23.6. The molecule has 0 aromatic heterocycles. The number of aromatic hydroxyl groups is 2. The van der Waals surface area contributed by atoms with Gasteiger partial charge in [-0.15, -0.1) is 0 Å². The Morgan fingerprint density at radius 3 is 2.39 bits per heavy atom. The lowest BCUT2D eigenvalue weighted by Crippen LogP contribution is -2.41. The van der Waals surface area contributed by atoms with Crippen molar-refractivity contribution in [2.24, 2.45) is 10.8 Å². The van der Waals surface area contributed by atoms with Crippen LogP contribution in [-0.2, 0) is 16.0 Å². The second kappa shape index (κ2) is 9.84. The number of aryl methyl sites for hydroxylation is 1. The van der Waals surface area contributed by atoms with E-state index in [0.29, 0.717) is 36.8 Å². The van der Waals surface area contributed by atoms with Gasteiger partial charge >= 0.3 is 0 Å². The summed E-state index contributed by atoms with van der Waals surface area (Å²) in [6.07, 6.45) is 8.28. The third kappa shape index (κ3) is 5.87. The molecule has 0 spiro atoms. The van der Waals surface area contributed by atoms with Gasteiger partial charge in [0.15, 0.2) is 0 Å². The van der Waals surface area contributed by atoms with Crippen molar-refractivity contribution in [3.05, 3.63) is 46.6 Å². The average molecular weight is 427 g/mol. The fraction of sp³-hybridized carbons (Fsp3) is 0.556. The fourth-order valence-corrected chi connectivity index (χ4v) is 4.84. The zero-order valence-electron chi connectivity index (χ0n) is 20.0. The van der Waals surface area contributed by atoms with Crippen molar-refractivity contribution in [3.63, 3.8) is 0 Å². The van der Waals surface area contributed by atoms with E-state index in [1.54, 1.807) is 13.0 Å². The van der Waals surface area contributed by atoms with Crippen molar-refractivity contribution in [1.29, 1.82) is 0 Å². The first-order valence-electron chi connectivity index (χ1n) is 11.2. The Kier molecular flexibility index (Phi) is 7.91. The smallest absolute Gasteiger partial charge is 0.143 e. The highest BCUT2D eigenvalue weighted by Gasteiger charge is 2.52. The molecule has 0 unspecified atom stereocenters. The third-order valence-electron chi connectivity index (χ3n) is 7.15. The molecule has 4 heteroatoms. The number of phenolic OH excluding ortho intramolecular Hbond substituents is 2. The number of Topliss-reactive ketones (excluding diaryl/α,β-unsaturated/α-hetero) is 2. The summed E-state index contributed by atoms with van der Waals surface area (Å²) in [5, 5.41) is 19.9. The van der Waals surface area contributed by atoms with Gasteiger partial charge < -0.3 is 10.2 Å². The zero-order valence-corrected chi connectivity index (χ0v) is 20.0. The molecule has 0 bridgehead atoms. The first kappa shape index (κ1) is 24.9. The number of rotatable bonds is 9. The fourth-order valence-electron chi connectivity index (χ4n) is 4.84. The van der Waals surface area contributed by atoms with E-state index in [4.69, 9.17) is 0 Å². The van der Waals surface area contributed by atoms with E-state index in [-0.39, 0.29) is 28.5 Å². The summed E-state index contributed by atoms with van der Waals surface area (Å²) in [6, 6.07) is 3.08. The second-order valence-corrected chi connectivity index (χ2v) is 10.1. The van der Waals surface area contributed by atoms with Gasteiger partial charge in [0.2, 0.25) is 0 Å². The van der Waals surface area contributed by atoms with Gasteiger partial charge in [0.05, 0.1) is 0 Å². The number of ketones is 2. The summed E-state index contributed by atoms with van der Waals surface area (Å²) in [4.78, 5) is 25.9. The van der Waals surface area contributed by atoms with Gasteiger partial charge in [0, 0.05) is 30.2 Å². The maximum absolute atomic E-state index is 13.0. The maximum atomic E-state index is 13.0. The summed E-state index contributed by atoms with van der Waals surface area (Å²) in [6.45, 7) is 11.8. The summed E-state index contributed by atoms with van der Waals surface area (Å²) in [5.74, 6) is 0.690. The second-order valence-electron chi connectivity index (χ2n) is 10.1. The van der Waals surface area contributed by atoms with E-state index in [2.05, 4.69) is 6.92 Å². The van der Waals surface area contributed by atoms with Crippen LogP contribution in [0.5, 0.6) is 11.5 Å². The molecule has 2 rings (SSSR count). The Morgan fingerprint density at radius 1 is 1.06 bits per heavy atom. The predicted octanol–water partition coefficient (Wildman–Crippen LogP) is 6.37. The van der Waals surface area contributed by atoms with E-state index in [0.717, 1.165) is 30.4 Å². The first-order valence-corrected chi connectivity index (χ1v) is 11.2. The predicted molar refractivity (Wildman–Crippen MR) is 125 cm³/mol. The number of hydrogen-bond acceptors (Lipinski definition) is 4. The molecule has 2 atom stereocenters. The number of allylic oxidation sites excluding steroid dienone is 4. The molecular weight excluding hydrogens is 388 g/mol. The highest BCUT2D eigenvalue weighted by Crippen LogP contribution is 2.56. The van der Waals surface area contributed by atoms with Crippen LogP contribution in [0.3, 0.4) is 0 Å². The van der Waals surface area contributed by atoms with Crippen LogP contribution in [0.2, 0.25) is 0 Å². The molecule has 0 heterocycles. The van der Waals surface area contributed by atoms with Crippen molar-refractivity contribution < 1.29 is 19.8 Å². The molecule has 1 aliphatic carbocycles. The first-order chi connectivity index (χ1) is 14.4. The number of carbonyl (C=O) groups excluding carboxylic acids is 2. The Hall–Kier alpha value is -2.36. The van der Waals surface area contributed by atoms with E-state index in [1.165, 1.54) is 6.07 Å². The minimum atomic E-state index is -0.461. The number of carbonyl (C=O) groups is 2. The van der Waals surface area contributed by atoms with Gasteiger partial charge in [-0.1, -0.05) is 43.6 Å². The van der Waals surface area contributed by atoms with Gasteiger partial charge in [0.25, 0.3) is 0 Å². The number of hydrogen-bond donors (Lipinski definition) is 2. The molecule has 170 valence electrons. The highest BCUT2D eigenvalue weighted by molar-refractivity contribution is 5.89.